The fourth-order valence-corrected chi connectivity index (χ4v) is 3.24. The number of nitrogens with two attached hydrogens (primary N) is 1. The predicted molar refractivity (Wildman–Crippen MR) is 80.2 cm³/mol. The fourth-order valence-electron chi connectivity index (χ4n) is 3.01. The number of hydrogen-bond acceptors (Lipinski definition) is 3. The van der Waals surface area contributed by atoms with Crippen molar-refractivity contribution in [2.75, 3.05) is 19.8 Å². The number of halogens is 1. The standard InChI is InChI=1S/C16H22ClNO2/c1-15(9-19-10-15)11-20-14-5-4-12(8-13(14)17)16(18)6-2-3-7-16/h4-5,8H,2-3,6-7,9-11,18H2,1H3. The molecule has 20 heavy (non-hydrogen) atoms. The highest BCUT2D eigenvalue weighted by Crippen LogP contribution is 2.39. The average Bonchev–Trinajstić information content (AvgIpc) is 2.83. The van der Waals surface area contributed by atoms with Crippen LogP contribution in [-0.4, -0.2) is 19.8 Å². The SMILES string of the molecule is CC1(COc2ccc(C3(N)CCCC3)cc2Cl)COC1. The first kappa shape index (κ1) is 14.2. The summed E-state index contributed by atoms with van der Waals surface area (Å²) in [5.74, 6) is 0.741. The molecule has 1 aliphatic heterocycles. The molecule has 1 saturated carbocycles. The summed E-state index contributed by atoms with van der Waals surface area (Å²) < 4.78 is 11.1. The van der Waals surface area contributed by atoms with Crippen LogP contribution in [0.3, 0.4) is 0 Å². The van der Waals surface area contributed by atoms with E-state index in [9.17, 15) is 0 Å². The minimum absolute atomic E-state index is 0.128. The van der Waals surface area contributed by atoms with Crippen molar-refractivity contribution in [3.8, 4) is 5.75 Å². The second-order valence-corrected chi connectivity index (χ2v) is 7.01. The third-order valence-corrected chi connectivity index (χ3v) is 4.78. The zero-order valence-electron chi connectivity index (χ0n) is 12.0. The molecular weight excluding hydrogens is 274 g/mol. The summed E-state index contributed by atoms with van der Waals surface area (Å²) in [5, 5.41) is 0.656. The molecule has 0 aromatic heterocycles. The van der Waals surface area contributed by atoms with Crippen molar-refractivity contribution in [3.05, 3.63) is 28.8 Å². The molecule has 3 rings (SSSR count). The summed E-state index contributed by atoms with van der Waals surface area (Å²) in [6, 6.07) is 5.99. The molecule has 1 aromatic rings. The van der Waals surface area contributed by atoms with Gasteiger partial charge >= 0.3 is 0 Å². The highest BCUT2D eigenvalue weighted by atomic mass is 35.5. The predicted octanol–water partition coefficient (Wildman–Crippen LogP) is 3.48. The van der Waals surface area contributed by atoms with Crippen LogP contribution in [0.25, 0.3) is 0 Å². The Balaban J connectivity index is 1.70. The van der Waals surface area contributed by atoms with Crippen LogP contribution in [0.2, 0.25) is 5.02 Å². The Labute approximate surface area is 125 Å². The van der Waals surface area contributed by atoms with Crippen molar-refractivity contribution in [3.63, 3.8) is 0 Å². The Hall–Kier alpha value is -0.770. The lowest BCUT2D eigenvalue weighted by Crippen LogP contribution is -2.44. The lowest BCUT2D eigenvalue weighted by Gasteiger charge is -2.37. The van der Waals surface area contributed by atoms with E-state index in [1.807, 2.05) is 12.1 Å². The normalized spacial score (nSPS) is 23.4. The molecule has 2 fully saturated rings. The Morgan fingerprint density at radius 2 is 2.00 bits per heavy atom. The first-order valence-corrected chi connectivity index (χ1v) is 7.68. The van der Waals surface area contributed by atoms with Crippen molar-refractivity contribution in [1.29, 1.82) is 0 Å². The molecule has 2 N–H and O–H groups in total. The van der Waals surface area contributed by atoms with Gasteiger partial charge in [-0.15, -0.1) is 0 Å². The van der Waals surface area contributed by atoms with Crippen LogP contribution in [0.1, 0.15) is 38.2 Å². The van der Waals surface area contributed by atoms with E-state index in [-0.39, 0.29) is 11.0 Å². The van der Waals surface area contributed by atoms with Gasteiger partial charge in [0, 0.05) is 11.0 Å². The van der Waals surface area contributed by atoms with Crippen LogP contribution in [0, 0.1) is 5.41 Å². The molecule has 0 atom stereocenters. The van der Waals surface area contributed by atoms with E-state index in [0.717, 1.165) is 37.4 Å². The summed E-state index contributed by atoms with van der Waals surface area (Å²) in [6.07, 6.45) is 4.48. The lowest BCUT2D eigenvalue weighted by molar-refractivity contribution is -0.120. The molecule has 2 aliphatic rings. The van der Waals surface area contributed by atoms with Crippen LogP contribution >= 0.6 is 11.6 Å². The molecule has 1 aromatic carbocycles. The number of hydrogen-bond donors (Lipinski definition) is 1. The van der Waals surface area contributed by atoms with E-state index in [2.05, 4.69) is 13.0 Å². The fraction of sp³-hybridized carbons (Fsp3) is 0.625. The quantitative estimate of drug-likeness (QED) is 0.925. The van der Waals surface area contributed by atoms with Crippen molar-refractivity contribution < 1.29 is 9.47 Å². The molecule has 0 amide bonds. The van der Waals surface area contributed by atoms with Crippen molar-refractivity contribution in [2.24, 2.45) is 11.1 Å². The van der Waals surface area contributed by atoms with Crippen molar-refractivity contribution in [2.45, 2.75) is 38.1 Å². The second-order valence-electron chi connectivity index (χ2n) is 6.60. The first-order chi connectivity index (χ1) is 9.51. The van der Waals surface area contributed by atoms with Gasteiger partial charge in [-0.25, -0.2) is 0 Å². The zero-order chi connectivity index (χ0) is 14.2. The van der Waals surface area contributed by atoms with E-state index in [0.29, 0.717) is 11.6 Å². The molecule has 4 heteroatoms. The summed E-state index contributed by atoms with van der Waals surface area (Å²) in [6.45, 7) is 4.31. The Morgan fingerprint density at radius 3 is 2.55 bits per heavy atom. The lowest BCUT2D eigenvalue weighted by atomic mass is 9.89. The monoisotopic (exact) mass is 295 g/mol. The van der Waals surface area contributed by atoms with E-state index < -0.39 is 0 Å². The summed E-state index contributed by atoms with van der Waals surface area (Å²) in [5.41, 5.74) is 7.52. The molecule has 0 bridgehead atoms. The minimum Gasteiger partial charge on any atom is -0.491 e. The molecule has 3 nitrogen and oxygen atoms in total. The van der Waals surface area contributed by atoms with E-state index >= 15 is 0 Å². The van der Waals surface area contributed by atoms with Gasteiger partial charge in [-0.1, -0.05) is 37.4 Å². The van der Waals surface area contributed by atoms with Crippen LogP contribution in [0.4, 0.5) is 0 Å². The second kappa shape index (κ2) is 5.21. The maximum absolute atomic E-state index is 6.46. The smallest absolute Gasteiger partial charge is 0.137 e. The molecule has 1 heterocycles. The van der Waals surface area contributed by atoms with Crippen molar-refractivity contribution >= 4 is 11.6 Å². The van der Waals surface area contributed by atoms with Gasteiger partial charge in [-0.05, 0) is 30.5 Å². The van der Waals surface area contributed by atoms with Crippen molar-refractivity contribution in [1.82, 2.24) is 0 Å². The number of ether oxygens (including phenoxy) is 2. The van der Waals surface area contributed by atoms with Gasteiger partial charge in [0.05, 0.1) is 24.8 Å². The van der Waals surface area contributed by atoms with Crippen LogP contribution in [0.15, 0.2) is 18.2 Å². The minimum atomic E-state index is -0.198. The highest BCUT2D eigenvalue weighted by molar-refractivity contribution is 6.32. The first-order valence-electron chi connectivity index (χ1n) is 7.30. The summed E-state index contributed by atoms with van der Waals surface area (Å²) in [7, 11) is 0. The van der Waals surface area contributed by atoms with Crippen LogP contribution < -0.4 is 10.5 Å². The number of rotatable bonds is 4. The van der Waals surface area contributed by atoms with E-state index in [1.165, 1.54) is 12.8 Å². The van der Waals surface area contributed by atoms with Gasteiger partial charge in [0.25, 0.3) is 0 Å². The zero-order valence-corrected chi connectivity index (χ0v) is 12.7. The molecule has 1 aliphatic carbocycles. The van der Waals surface area contributed by atoms with E-state index in [4.69, 9.17) is 26.8 Å². The number of benzene rings is 1. The molecule has 1 saturated heterocycles. The third-order valence-electron chi connectivity index (χ3n) is 4.48. The molecule has 110 valence electrons. The molecule has 0 unspecified atom stereocenters. The summed E-state index contributed by atoms with van der Waals surface area (Å²) in [4.78, 5) is 0. The van der Waals surface area contributed by atoms with Gasteiger partial charge in [0.2, 0.25) is 0 Å². The van der Waals surface area contributed by atoms with Crippen LogP contribution in [0.5, 0.6) is 5.75 Å². The third kappa shape index (κ3) is 2.67. The van der Waals surface area contributed by atoms with E-state index in [1.54, 1.807) is 0 Å². The maximum atomic E-state index is 6.46. The molecule has 0 radical (unpaired) electrons. The highest BCUT2D eigenvalue weighted by Gasteiger charge is 2.35. The van der Waals surface area contributed by atoms with Gasteiger partial charge in [0.15, 0.2) is 0 Å². The Kier molecular flexibility index (Phi) is 3.69. The van der Waals surface area contributed by atoms with Gasteiger partial charge in [-0.3, -0.25) is 0 Å². The Morgan fingerprint density at radius 1 is 1.30 bits per heavy atom. The average molecular weight is 296 g/mol. The maximum Gasteiger partial charge on any atom is 0.137 e. The largest absolute Gasteiger partial charge is 0.491 e. The topological polar surface area (TPSA) is 44.5 Å². The van der Waals surface area contributed by atoms with Gasteiger partial charge < -0.3 is 15.2 Å². The Bertz CT molecular complexity index is 493. The molecular formula is C16H22ClNO2. The van der Waals surface area contributed by atoms with Gasteiger partial charge in [-0.2, -0.15) is 0 Å². The summed E-state index contributed by atoms with van der Waals surface area (Å²) >= 11 is 6.35. The van der Waals surface area contributed by atoms with Gasteiger partial charge in [0.1, 0.15) is 5.75 Å². The van der Waals surface area contributed by atoms with Crippen LogP contribution in [-0.2, 0) is 10.3 Å². The molecule has 0 spiro atoms.